The molecule has 2 heterocycles. The van der Waals surface area contributed by atoms with Crippen LogP contribution in [0.15, 0.2) is 24.3 Å². The minimum atomic E-state index is 0.179. The third kappa shape index (κ3) is 6.24. The predicted molar refractivity (Wildman–Crippen MR) is 145 cm³/mol. The van der Waals surface area contributed by atoms with Gasteiger partial charge in [-0.05, 0) is 50.7 Å². The van der Waals surface area contributed by atoms with Crippen molar-refractivity contribution in [2.24, 2.45) is 5.92 Å². The number of benzene rings is 1. The summed E-state index contributed by atoms with van der Waals surface area (Å²) in [6.07, 6.45) is 15.8. The van der Waals surface area contributed by atoms with Crippen molar-refractivity contribution in [1.82, 2.24) is 15.1 Å². The molecular formula is C30H46N4O2. The summed E-state index contributed by atoms with van der Waals surface area (Å²) in [7, 11) is 0. The first kappa shape index (κ1) is 25.6. The molecule has 1 aromatic rings. The molecule has 198 valence electrons. The Kier molecular flexibility index (Phi) is 8.84. The molecule has 2 saturated carbocycles. The number of para-hydroxylation sites is 1. The summed E-state index contributed by atoms with van der Waals surface area (Å²) in [6, 6.07) is 9.14. The van der Waals surface area contributed by atoms with Gasteiger partial charge < -0.3 is 15.1 Å². The molecule has 4 fully saturated rings. The van der Waals surface area contributed by atoms with Crippen LogP contribution in [0.2, 0.25) is 0 Å². The number of hydrogen-bond donors (Lipinski definition) is 1. The first-order valence-electron chi connectivity index (χ1n) is 14.9. The van der Waals surface area contributed by atoms with Crippen LogP contribution >= 0.6 is 0 Å². The summed E-state index contributed by atoms with van der Waals surface area (Å²) in [5, 5.41) is 3.34. The maximum absolute atomic E-state index is 13.6. The van der Waals surface area contributed by atoms with Gasteiger partial charge in [0, 0.05) is 63.0 Å². The minimum Gasteiger partial charge on any atom is -0.371 e. The third-order valence-corrected chi connectivity index (χ3v) is 9.24. The van der Waals surface area contributed by atoms with E-state index in [0.29, 0.717) is 0 Å². The number of nitrogens with zero attached hydrogens (tertiary/aromatic N) is 3. The number of nitrogens with one attached hydrogen (secondary N) is 1. The second kappa shape index (κ2) is 12.4. The number of carbonyl (C=O) groups is 2. The number of amides is 2. The van der Waals surface area contributed by atoms with Crippen molar-refractivity contribution in [1.29, 1.82) is 0 Å². The normalized spacial score (nSPS) is 23.9. The number of anilines is 1. The Hall–Kier alpha value is -2.08. The Labute approximate surface area is 217 Å². The lowest BCUT2D eigenvalue weighted by Crippen LogP contribution is -2.52. The molecule has 2 aliphatic carbocycles. The zero-order valence-corrected chi connectivity index (χ0v) is 22.1. The summed E-state index contributed by atoms with van der Waals surface area (Å²) in [6.45, 7) is 5.44. The van der Waals surface area contributed by atoms with Crippen molar-refractivity contribution >= 4 is 17.5 Å². The lowest BCUT2D eigenvalue weighted by atomic mass is 9.88. The summed E-state index contributed by atoms with van der Waals surface area (Å²) >= 11 is 0. The van der Waals surface area contributed by atoms with E-state index in [1.54, 1.807) is 0 Å². The standard InChI is InChI=1S/C30H46N4O2/c35-29(24-10-4-3-5-11-24)31-25-16-18-33(19-17-25)28-15-9-8-14-27(28)30(36)34-22-20-32(21-23-34)26-12-6-1-2-7-13-26/h8-9,14-15,24-26H,1-7,10-13,16-23H2,(H,31,35). The van der Waals surface area contributed by atoms with Crippen LogP contribution in [0.3, 0.4) is 0 Å². The smallest absolute Gasteiger partial charge is 0.256 e. The van der Waals surface area contributed by atoms with E-state index < -0.39 is 0 Å². The van der Waals surface area contributed by atoms with E-state index >= 15 is 0 Å². The van der Waals surface area contributed by atoms with Gasteiger partial charge >= 0.3 is 0 Å². The SMILES string of the molecule is O=C(NC1CCN(c2ccccc2C(=O)N2CCN(C3CCCCCC3)CC2)CC1)C1CCCCC1. The minimum absolute atomic E-state index is 0.179. The molecular weight excluding hydrogens is 448 g/mol. The Bertz CT molecular complexity index is 859. The molecule has 0 atom stereocenters. The molecule has 0 spiro atoms. The lowest BCUT2D eigenvalue weighted by molar-refractivity contribution is -0.126. The summed E-state index contributed by atoms with van der Waals surface area (Å²) in [5.41, 5.74) is 1.90. The van der Waals surface area contributed by atoms with Crippen LogP contribution in [0.5, 0.6) is 0 Å². The predicted octanol–water partition coefficient (Wildman–Crippen LogP) is 4.83. The third-order valence-electron chi connectivity index (χ3n) is 9.24. The fourth-order valence-electron chi connectivity index (χ4n) is 6.96. The summed E-state index contributed by atoms with van der Waals surface area (Å²) in [4.78, 5) is 33.4. The molecule has 2 amide bonds. The molecule has 2 saturated heterocycles. The maximum Gasteiger partial charge on any atom is 0.256 e. The van der Waals surface area contributed by atoms with E-state index in [9.17, 15) is 9.59 Å². The molecule has 0 bridgehead atoms. The van der Waals surface area contributed by atoms with E-state index in [1.165, 1.54) is 57.8 Å². The number of carbonyl (C=O) groups excluding carboxylic acids is 2. The number of piperazine rings is 1. The van der Waals surface area contributed by atoms with Crippen LogP contribution in [0, 0.1) is 5.92 Å². The second-order valence-corrected chi connectivity index (χ2v) is 11.6. The Morgan fingerprint density at radius 3 is 2.00 bits per heavy atom. The molecule has 0 aromatic heterocycles. The Morgan fingerprint density at radius 2 is 1.31 bits per heavy atom. The molecule has 6 nitrogen and oxygen atoms in total. The van der Waals surface area contributed by atoms with Crippen molar-refractivity contribution < 1.29 is 9.59 Å². The molecule has 6 heteroatoms. The van der Waals surface area contributed by atoms with Gasteiger partial charge in [-0.15, -0.1) is 0 Å². The molecule has 1 aromatic carbocycles. The molecule has 5 rings (SSSR count). The second-order valence-electron chi connectivity index (χ2n) is 11.6. The highest BCUT2D eigenvalue weighted by atomic mass is 16.2. The van der Waals surface area contributed by atoms with E-state index in [4.69, 9.17) is 0 Å². The molecule has 0 radical (unpaired) electrons. The Morgan fingerprint density at radius 1 is 0.694 bits per heavy atom. The van der Waals surface area contributed by atoms with E-state index in [2.05, 4.69) is 26.1 Å². The van der Waals surface area contributed by atoms with Gasteiger partial charge in [-0.25, -0.2) is 0 Å². The van der Waals surface area contributed by atoms with Gasteiger partial charge in [-0.2, -0.15) is 0 Å². The van der Waals surface area contributed by atoms with Crippen molar-refractivity contribution in [3.05, 3.63) is 29.8 Å². The average molecular weight is 495 g/mol. The molecule has 0 unspecified atom stereocenters. The van der Waals surface area contributed by atoms with Gasteiger partial charge in [0.1, 0.15) is 0 Å². The quantitative estimate of drug-likeness (QED) is 0.596. The maximum atomic E-state index is 13.6. The van der Waals surface area contributed by atoms with Crippen LogP contribution in [0.1, 0.15) is 93.8 Å². The van der Waals surface area contributed by atoms with Crippen molar-refractivity contribution in [3.63, 3.8) is 0 Å². The molecule has 2 aliphatic heterocycles. The molecule has 1 N–H and O–H groups in total. The van der Waals surface area contributed by atoms with E-state index in [0.717, 1.165) is 82.2 Å². The van der Waals surface area contributed by atoms with E-state index in [-0.39, 0.29) is 23.8 Å². The topological polar surface area (TPSA) is 55.9 Å². The van der Waals surface area contributed by atoms with Gasteiger partial charge in [-0.3, -0.25) is 14.5 Å². The van der Waals surface area contributed by atoms with Gasteiger partial charge in [-0.1, -0.05) is 57.1 Å². The van der Waals surface area contributed by atoms with Crippen molar-refractivity contribution in [3.8, 4) is 0 Å². The highest BCUT2D eigenvalue weighted by Gasteiger charge is 2.30. The summed E-state index contributed by atoms with van der Waals surface area (Å²) < 4.78 is 0. The Balaban J connectivity index is 1.14. The average Bonchev–Trinajstić information content (AvgIpc) is 3.23. The van der Waals surface area contributed by atoms with E-state index in [1.807, 2.05) is 18.2 Å². The van der Waals surface area contributed by atoms with Gasteiger partial charge in [0.2, 0.25) is 5.91 Å². The highest BCUT2D eigenvalue weighted by molar-refractivity contribution is 6.00. The molecule has 36 heavy (non-hydrogen) atoms. The zero-order valence-electron chi connectivity index (χ0n) is 22.1. The first-order chi connectivity index (χ1) is 17.7. The van der Waals surface area contributed by atoms with Crippen LogP contribution in [0.25, 0.3) is 0 Å². The number of rotatable bonds is 5. The van der Waals surface area contributed by atoms with Crippen molar-refractivity contribution in [2.45, 2.75) is 95.6 Å². The monoisotopic (exact) mass is 494 g/mol. The largest absolute Gasteiger partial charge is 0.371 e. The van der Waals surface area contributed by atoms with Crippen LogP contribution in [-0.2, 0) is 4.79 Å². The van der Waals surface area contributed by atoms with Gasteiger partial charge in [0.25, 0.3) is 5.91 Å². The van der Waals surface area contributed by atoms with Gasteiger partial charge in [0.05, 0.1) is 5.56 Å². The van der Waals surface area contributed by atoms with Crippen LogP contribution in [-0.4, -0.2) is 73.0 Å². The van der Waals surface area contributed by atoms with Gasteiger partial charge in [0.15, 0.2) is 0 Å². The fourth-order valence-corrected chi connectivity index (χ4v) is 6.96. The number of piperidine rings is 1. The lowest BCUT2D eigenvalue weighted by Gasteiger charge is -2.40. The first-order valence-corrected chi connectivity index (χ1v) is 14.9. The number of hydrogen-bond acceptors (Lipinski definition) is 4. The fraction of sp³-hybridized carbons (Fsp3) is 0.733. The van der Waals surface area contributed by atoms with Crippen LogP contribution < -0.4 is 10.2 Å². The molecule has 4 aliphatic rings. The zero-order chi connectivity index (χ0) is 24.7. The highest BCUT2D eigenvalue weighted by Crippen LogP contribution is 2.28. The van der Waals surface area contributed by atoms with Crippen LogP contribution in [0.4, 0.5) is 5.69 Å². The van der Waals surface area contributed by atoms with Crippen molar-refractivity contribution in [2.75, 3.05) is 44.2 Å². The summed E-state index contributed by atoms with van der Waals surface area (Å²) in [5.74, 6) is 0.670.